The smallest absolute Gasteiger partial charge is 0.410 e. The number of carbonyl (C=O) groups excluding carboxylic acids is 1. The number of nitrogens with zero attached hydrogens (tertiary/aromatic N) is 1. The average molecular weight is 347 g/mol. The summed E-state index contributed by atoms with van der Waals surface area (Å²) in [6.45, 7) is 8.04. The highest BCUT2D eigenvalue weighted by Crippen LogP contribution is 2.38. The molecule has 0 N–H and O–H groups in total. The molecule has 138 valence electrons. The Bertz CT molecular complexity index is 583. The summed E-state index contributed by atoms with van der Waals surface area (Å²) in [7, 11) is 0. The van der Waals surface area contributed by atoms with Gasteiger partial charge in [-0.25, -0.2) is 4.79 Å². The standard InChI is InChI=1S/C20H29NO4/c1-19(2,3)25-18(22)21-11-12-24-20(15-21)10-9-17(13-20)23-14-16-7-5-4-6-8-16/h4-8,17H,9-15H2,1-3H3. The van der Waals surface area contributed by atoms with Gasteiger partial charge in [-0.15, -0.1) is 0 Å². The molecule has 3 rings (SSSR count). The fourth-order valence-electron chi connectivity index (χ4n) is 3.58. The van der Waals surface area contributed by atoms with Gasteiger partial charge in [-0.05, 0) is 39.2 Å². The van der Waals surface area contributed by atoms with Gasteiger partial charge in [0.1, 0.15) is 5.60 Å². The molecule has 1 saturated carbocycles. The van der Waals surface area contributed by atoms with Crippen molar-refractivity contribution in [1.82, 2.24) is 4.90 Å². The lowest BCUT2D eigenvalue weighted by molar-refractivity contribution is -0.111. The molecule has 1 aromatic carbocycles. The molecule has 1 saturated heterocycles. The van der Waals surface area contributed by atoms with Crippen LogP contribution >= 0.6 is 0 Å². The Morgan fingerprint density at radius 2 is 2.08 bits per heavy atom. The van der Waals surface area contributed by atoms with E-state index in [9.17, 15) is 4.79 Å². The highest BCUT2D eigenvalue weighted by atomic mass is 16.6. The molecule has 1 aliphatic heterocycles. The zero-order valence-electron chi connectivity index (χ0n) is 15.5. The molecular formula is C20H29NO4. The quantitative estimate of drug-likeness (QED) is 0.835. The van der Waals surface area contributed by atoms with Gasteiger partial charge in [0.2, 0.25) is 0 Å². The number of benzene rings is 1. The second-order valence-electron chi connectivity index (χ2n) is 8.09. The van der Waals surface area contributed by atoms with Crippen molar-refractivity contribution >= 4 is 6.09 Å². The van der Waals surface area contributed by atoms with Gasteiger partial charge in [-0.1, -0.05) is 30.3 Å². The summed E-state index contributed by atoms with van der Waals surface area (Å²) < 4.78 is 17.7. The first-order chi connectivity index (χ1) is 11.9. The molecule has 0 bridgehead atoms. The second kappa shape index (κ2) is 7.34. The van der Waals surface area contributed by atoms with Crippen LogP contribution < -0.4 is 0 Å². The van der Waals surface area contributed by atoms with E-state index in [4.69, 9.17) is 14.2 Å². The number of morpholine rings is 1. The van der Waals surface area contributed by atoms with E-state index in [1.807, 2.05) is 39.0 Å². The van der Waals surface area contributed by atoms with Crippen molar-refractivity contribution in [3.05, 3.63) is 35.9 Å². The van der Waals surface area contributed by atoms with E-state index in [1.165, 1.54) is 5.56 Å². The van der Waals surface area contributed by atoms with Crippen molar-refractivity contribution in [3.8, 4) is 0 Å². The molecule has 2 aliphatic rings. The van der Waals surface area contributed by atoms with Crippen LogP contribution in [0.4, 0.5) is 4.79 Å². The Morgan fingerprint density at radius 1 is 1.32 bits per heavy atom. The molecule has 2 atom stereocenters. The summed E-state index contributed by atoms with van der Waals surface area (Å²) in [4.78, 5) is 14.1. The number of carbonyl (C=O) groups is 1. The molecule has 2 fully saturated rings. The summed E-state index contributed by atoms with van der Waals surface area (Å²) >= 11 is 0. The third kappa shape index (κ3) is 4.95. The third-order valence-electron chi connectivity index (χ3n) is 4.75. The van der Waals surface area contributed by atoms with Crippen molar-refractivity contribution in [2.45, 2.75) is 63.9 Å². The van der Waals surface area contributed by atoms with Crippen LogP contribution in [0.2, 0.25) is 0 Å². The maximum Gasteiger partial charge on any atom is 0.410 e. The number of rotatable bonds is 3. The largest absolute Gasteiger partial charge is 0.444 e. The van der Waals surface area contributed by atoms with Gasteiger partial charge in [0.25, 0.3) is 0 Å². The van der Waals surface area contributed by atoms with E-state index in [2.05, 4.69) is 12.1 Å². The van der Waals surface area contributed by atoms with Gasteiger partial charge in [-0.3, -0.25) is 0 Å². The van der Waals surface area contributed by atoms with Crippen LogP contribution in [0.25, 0.3) is 0 Å². The van der Waals surface area contributed by atoms with Crippen LogP contribution in [0, 0.1) is 0 Å². The van der Waals surface area contributed by atoms with Crippen LogP contribution in [-0.4, -0.2) is 48.0 Å². The van der Waals surface area contributed by atoms with Gasteiger partial charge in [0, 0.05) is 13.0 Å². The average Bonchev–Trinajstić information content (AvgIpc) is 2.95. The van der Waals surface area contributed by atoms with Crippen LogP contribution in [0.15, 0.2) is 30.3 Å². The lowest BCUT2D eigenvalue weighted by Gasteiger charge is -2.40. The first kappa shape index (κ1) is 18.2. The molecule has 1 aliphatic carbocycles. The highest BCUT2D eigenvalue weighted by Gasteiger charge is 2.45. The second-order valence-corrected chi connectivity index (χ2v) is 8.09. The van der Waals surface area contributed by atoms with Crippen molar-refractivity contribution in [1.29, 1.82) is 0 Å². The molecule has 1 amide bonds. The van der Waals surface area contributed by atoms with E-state index < -0.39 is 5.60 Å². The minimum atomic E-state index is -0.473. The molecule has 1 aromatic rings. The van der Waals surface area contributed by atoms with E-state index in [0.29, 0.717) is 26.3 Å². The van der Waals surface area contributed by atoms with Crippen LogP contribution in [0.3, 0.4) is 0 Å². The topological polar surface area (TPSA) is 48.0 Å². The molecule has 0 radical (unpaired) electrons. The number of amides is 1. The fraction of sp³-hybridized carbons (Fsp3) is 0.650. The molecule has 1 spiro atoms. The SMILES string of the molecule is CC(C)(C)OC(=O)N1CCOC2(CCC(OCc3ccccc3)C2)C1. The van der Waals surface area contributed by atoms with Crippen LogP contribution in [0.5, 0.6) is 0 Å². The van der Waals surface area contributed by atoms with Crippen LogP contribution in [-0.2, 0) is 20.8 Å². The Kier molecular flexibility index (Phi) is 5.35. The van der Waals surface area contributed by atoms with E-state index in [-0.39, 0.29) is 17.8 Å². The van der Waals surface area contributed by atoms with E-state index in [1.54, 1.807) is 4.90 Å². The summed E-state index contributed by atoms with van der Waals surface area (Å²) in [5.74, 6) is 0. The van der Waals surface area contributed by atoms with Gasteiger partial charge < -0.3 is 19.1 Å². The zero-order chi connectivity index (χ0) is 17.9. The first-order valence-electron chi connectivity index (χ1n) is 9.13. The van der Waals surface area contributed by atoms with Crippen LogP contribution in [0.1, 0.15) is 45.6 Å². The molecule has 1 heterocycles. The summed E-state index contributed by atoms with van der Waals surface area (Å²) in [6.07, 6.45) is 2.66. The van der Waals surface area contributed by atoms with E-state index in [0.717, 1.165) is 19.3 Å². The monoisotopic (exact) mass is 347 g/mol. The Morgan fingerprint density at radius 3 is 2.80 bits per heavy atom. The van der Waals surface area contributed by atoms with Gasteiger partial charge in [0.05, 0.1) is 31.5 Å². The summed E-state index contributed by atoms with van der Waals surface area (Å²) in [5, 5.41) is 0. The van der Waals surface area contributed by atoms with Crippen molar-refractivity contribution < 1.29 is 19.0 Å². The minimum absolute atomic E-state index is 0.179. The predicted octanol–water partition coefficient (Wildman–Crippen LogP) is 3.76. The molecule has 25 heavy (non-hydrogen) atoms. The normalized spacial score (nSPS) is 26.8. The Balaban J connectivity index is 1.53. The van der Waals surface area contributed by atoms with Gasteiger partial charge >= 0.3 is 6.09 Å². The lowest BCUT2D eigenvalue weighted by atomic mass is 10.00. The van der Waals surface area contributed by atoms with Crippen molar-refractivity contribution in [2.24, 2.45) is 0 Å². The molecule has 5 heteroatoms. The predicted molar refractivity (Wildman–Crippen MR) is 95.4 cm³/mol. The fourth-order valence-corrected chi connectivity index (χ4v) is 3.58. The molecular weight excluding hydrogens is 318 g/mol. The maximum absolute atomic E-state index is 12.4. The van der Waals surface area contributed by atoms with Gasteiger partial charge in [0.15, 0.2) is 0 Å². The Hall–Kier alpha value is -1.59. The van der Waals surface area contributed by atoms with Gasteiger partial charge in [-0.2, -0.15) is 0 Å². The molecule has 0 aromatic heterocycles. The highest BCUT2D eigenvalue weighted by molar-refractivity contribution is 5.68. The summed E-state index contributed by atoms with van der Waals surface area (Å²) in [5.41, 5.74) is 0.430. The maximum atomic E-state index is 12.4. The third-order valence-corrected chi connectivity index (χ3v) is 4.75. The number of hydrogen-bond acceptors (Lipinski definition) is 4. The lowest BCUT2D eigenvalue weighted by Crippen LogP contribution is -2.53. The summed E-state index contributed by atoms with van der Waals surface area (Å²) in [6, 6.07) is 10.2. The minimum Gasteiger partial charge on any atom is -0.444 e. The molecule has 5 nitrogen and oxygen atoms in total. The number of ether oxygens (including phenoxy) is 3. The first-order valence-corrected chi connectivity index (χ1v) is 9.13. The van der Waals surface area contributed by atoms with E-state index >= 15 is 0 Å². The van der Waals surface area contributed by atoms with Crippen molar-refractivity contribution in [2.75, 3.05) is 19.7 Å². The Labute approximate surface area is 150 Å². The number of hydrogen-bond donors (Lipinski definition) is 0. The molecule has 2 unspecified atom stereocenters. The van der Waals surface area contributed by atoms with Crippen molar-refractivity contribution in [3.63, 3.8) is 0 Å². The zero-order valence-corrected chi connectivity index (χ0v) is 15.5.